The highest BCUT2D eigenvalue weighted by molar-refractivity contribution is 8.93. The number of nitrogens with two attached hydrogens (primary N) is 1. The van der Waals surface area contributed by atoms with Crippen LogP contribution in [0.15, 0.2) is 0 Å². The summed E-state index contributed by atoms with van der Waals surface area (Å²) in [4.78, 5) is 0. The van der Waals surface area contributed by atoms with Gasteiger partial charge in [-0.05, 0) is 31.6 Å². The van der Waals surface area contributed by atoms with E-state index in [0.29, 0.717) is 0 Å². The fourth-order valence-electron chi connectivity index (χ4n) is 3.88. The van der Waals surface area contributed by atoms with Crippen LogP contribution in [-0.4, -0.2) is 5.54 Å². The van der Waals surface area contributed by atoms with E-state index in [1.54, 1.807) is 0 Å². The Hall–Kier alpha value is 0.440. The fraction of sp³-hybridized carbons (Fsp3) is 1.00. The molecule has 0 aromatic heterocycles. The van der Waals surface area contributed by atoms with Crippen LogP contribution in [0.2, 0.25) is 0 Å². The van der Waals surface area contributed by atoms with Gasteiger partial charge in [0.05, 0.1) is 0 Å². The second kappa shape index (κ2) is 16.3. The molecule has 22 heavy (non-hydrogen) atoms. The topological polar surface area (TPSA) is 26.0 Å². The average molecular weight is 378 g/mol. The van der Waals surface area contributed by atoms with Crippen LogP contribution in [0.25, 0.3) is 0 Å². The number of halogens is 1. The Balaban J connectivity index is 0. The van der Waals surface area contributed by atoms with Crippen molar-refractivity contribution in [1.29, 1.82) is 0 Å². The highest BCUT2D eigenvalue weighted by atomic mass is 79.9. The minimum Gasteiger partial charge on any atom is -0.325 e. The molecule has 0 amide bonds. The van der Waals surface area contributed by atoms with Gasteiger partial charge in [0.1, 0.15) is 0 Å². The molecule has 0 aromatic carbocycles. The predicted octanol–water partition coefficient (Wildman–Crippen LogP) is 7.42. The van der Waals surface area contributed by atoms with Gasteiger partial charge in [-0.1, -0.05) is 91.9 Å². The molecule has 136 valence electrons. The molecule has 0 spiro atoms. The monoisotopic (exact) mass is 377 g/mol. The Labute approximate surface area is 152 Å². The number of hydrogen-bond acceptors (Lipinski definition) is 1. The molecule has 0 bridgehead atoms. The molecule has 0 aliphatic heterocycles. The van der Waals surface area contributed by atoms with Gasteiger partial charge >= 0.3 is 0 Å². The van der Waals surface area contributed by atoms with Crippen molar-refractivity contribution in [2.45, 2.75) is 123 Å². The van der Waals surface area contributed by atoms with Crippen molar-refractivity contribution < 1.29 is 0 Å². The third kappa shape index (κ3) is 11.0. The SMILES string of the molecule is Br.CCCCCCCCCC(CCC)C(N)(CCC)CCC. The summed E-state index contributed by atoms with van der Waals surface area (Å²) in [7, 11) is 0. The quantitative estimate of drug-likeness (QED) is 0.295. The first-order valence-corrected chi connectivity index (χ1v) is 9.93. The summed E-state index contributed by atoms with van der Waals surface area (Å²) in [5, 5.41) is 0. The van der Waals surface area contributed by atoms with Gasteiger partial charge in [-0.2, -0.15) is 0 Å². The lowest BCUT2D eigenvalue weighted by molar-refractivity contribution is 0.200. The smallest absolute Gasteiger partial charge is 0.0182 e. The molecule has 0 aromatic rings. The van der Waals surface area contributed by atoms with Gasteiger partial charge in [0.15, 0.2) is 0 Å². The van der Waals surface area contributed by atoms with Gasteiger partial charge in [-0.15, -0.1) is 17.0 Å². The molecule has 0 heterocycles. The Morgan fingerprint density at radius 1 is 0.636 bits per heavy atom. The molecule has 0 saturated heterocycles. The predicted molar refractivity (Wildman–Crippen MR) is 108 cm³/mol. The van der Waals surface area contributed by atoms with E-state index in [-0.39, 0.29) is 22.5 Å². The molecule has 0 radical (unpaired) electrons. The van der Waals surface area contributed by atoms with Crippen LogP contribution in [-0.2, 0) is 0 Å². The summed E-state index contributed by atoms with van der Waals surface area (Å²) in [5.74, 6) is 0.748. The minimum atomic E-state index is 0. The number of hydrogen-bond donors (Lipinski definition) is 1. The van der Waals surface area contributed by atoms with Gasteiger partial charge in [0.25, 0.3) is 0 Å². The molecule has 2 heteroatoms. The van der Waals surface area contributed by atoms with Crippen LogP contribution in [0.1, 0.15) is 118 Å². The maximum absolute atomic E-state index is 6.83. The first-order valence-electron chi connectivity index (χ1n) is 9.93. The van der Waals surface area contributed by atoms with Crippen molar-refractivity contribution in [2.75, 3.05) is 0 Å². The molecule has 1 nitrogen and oxygen atoms in total. The molecular formula is C20H44BrN. The van der Waals surface area contributed by atoms with Crippen LogP contribution >= 0.6 is 17.0 Å². The summed E-state index contributed by atoms with van der Waals surface area (Å²) >= 11 is 0. The lowest BCUT2D eigenvalue weighted by atomic mass is 9.73. The average Bonchev–Trinajstić information content (AvgIpc) is 2.45. The third-order valence-corrected chi connectivity index (χ3v) is 5.04. The van der Waals surface area contributed by atoms with Crippen LogP contribution in [0.4, 0.5) is 0 Å². The second-order valence-electron chi connectivity index (χ2n) is 7.13. The van der Waals surface area contributed by atoms with Gasteiger partial charge < -0.3 is 5.73 Å². The zero-order valence-electron chi connectivity index (χ0n) is 16.0. The minimum absolute atomic E-state index is 0. The third-order valence-electron chi connectivity index (χ3n) is 5.04. The summed E-state index contributed by atoms with van der Waals surface area (Å²) in [6.45, 7) is 9.18. The van der Waals surface area contributed by atoms with Crippen molar-refractivity contribution in [3.8, 4) is 0 Å². The molecule has 0 rings (SSSR count). The molecule has 1 atom stereocenters. The van der Waals surface area contributed by atoms with Crippen molar-refractivity contribution in [1.82, 2.24) is 0 Å². The highest BCUT2D eigenvalue weighted by Crippen LogP contribution is 2.33. The van der Waals surface area contributed by atoms with E-state index < -0.39 is 0 Å². The van der Waals surface area contributed by atoms with Crippen molar-refractivity contribution in [3.63, 3.8) is 0 Å². The van der Waals surface area contributed by atoms with Gasteiger partial charge in [0.2, 0.25) is 0 Å². The van der Waals surface area contributed by atoms with Gasteiger partial charge in [-0.25, -0.2) is 0 Å². The van der Waals surface area contributed by atoms with Crippen LogP contribution in [0.3, 0.4) is 0 Å². The number of rotatable bonds is 15. The van der Waals surface area contributed by atoms with E-state index in [9.17, 15) is 0 Å². The summed E-state index contributed by atoms with van der Waals surface area (Å²) in [5.41, 5.74) is 6.94. The molecule has 0 aliphatic rings. The lowest BCUT2D eigenvalue weighted by Crippen LogP contribution is -2.47. The first-order chi connectivity index (χ1) is 10.1. The first kappa shape index (κ1) is 24.7. The Morgan fingerprint density at radius 2 is 1.14 bits per heavy atom. The van der Waals surface area contributed by atoms with E-state index in [1.165, 1.54) is 89.9 Å². The summed E-state index contributed by atoms with van der Waals surface area (Å²) in [6.07, 6.45) is 18.7. The lowest BCUT2D eigenvalue weighted by Gasteiger charge is -2.38. The van der Waals surface area contributed by atoms with Crippen molar-refractivity contribution in [3.05, 3.63) is 0 Å². The Bertz CT molecular complexity index is 212. The maximum Gasteiger partial charge on any atom is 0.0182 e. The molecule has 0 aliphatic carbocycles. The number of unbranched alkanes of at least 4 members (excludes halogenated alkanes) is 6. The fourth-order valence-corrected chi connectivity index (χ4v) is 3.88. The Morgan fingerprint density at radius 3 is 1.59 bits per heavy atom. The van der Waals surface area contributed by atoms with E-state index in [1.807, 2.05) is 0 Å². The van der Waals surface area contributed by atoms with Crippen LogP contribution in [0, 0.1) is 5.92 Å². The summed E-state index contributed by atoms with van der Waals surface area (Å²) < 4.78 is 0. The van der Waals surface area contributed by atoms with Crippen molar-refractivity contribution in [2.24, 2.45) is 11.7 Å². The van der Waals surface area contributed by atoms with Crippen LogP contribution in [0.5, 0.6) is 0 Å². The van der Waals surface area contributed by atoms with E-state index in [4.69, 9.17) is 5.73 Å². The molecule has 0 saturated carbocycles. The molecule has 0 fully saturated rings. The van der Waals surface area contributed by atoms with Gasteiger partial charge in [0, 0.05) is 5.54 Å². The maximum atomic E-state index is 6.83. The Kier molecular flexibility index (Phi) is 18.3. The highest BCUT2D eigenvalue weighted by Gasteiger charge is 2.31. The molecule has 1 unspecified atom stereocenters. The molecule has 2 N–H and O–H groups in total. The standard InChI is InChI=1S/C20H43N.BrH/c1-5-9-10-11-12-13-14-16-19(15-6-2)20(21,17-7-3)18-8-4;/h19H,5-18,21H2,1-4H3;1H. The van der Waals surface area contributed by atoms with Crippen molar-refractivity contribution >= 4 is 17.0 Å². The zero-order valence-corrected chi connectivity index (χ0v) is 17.7. The van der Waals surface area contributed by atoms with Crippen LogP contribution < -0.4 is 5.73 Å². The molecular weight excluding hydrogens is 334 g/mol. The summed E-state index contributed by atoms with van der Waals surface area (Å²) in [6, 6.07) is 0. The zero-order chi connectivity index (χ0) is 16.0. The van der Waals surface area contributed by atoms with Gasteiger partial charge in [-0.3, -0.25) is 0 Å². The van der Waals surface area contributed by atoms with E-state index >= 15 is 0 Å². The van der Waals surface area contributed by atoms with E-state index in [0.717, 1.165) is 5.92 Å². The largest absolute Gasteiger partial charge is 0.325 e. The van der Waals surface area contributed by atoms with E-state index in [2.05, 4.69) is 27.7 Å². The normalized spacial score (nSPS) is 13.0. The second-order valence-corrected chi connectivity index (χ2v) is 7.13.